The summed E-state index contributed by atoms with van der Waals surface area (Å²) in [6, 6.07) is 0.915. The Morgan fingerprint density at radius 1 is 0.724 bits per heavy atom. The van der Waals surface area contributed by atoms with Gasteiger partial charge in [0.1, 0.15) is 0 Å². The maximum atomic E-state index is 5.54. The van der Waals surface area contributed by atoms with Gasteiger partial charge in [-0.05, 0) is 59.3 Å². The fourth-order valence-corrected chi connectivity index (χ4v) is 7.43. The summed E-state index contributed by atoms with van der Waals surface area (Å²) in [5, 5.41) is 0. The molecule has 2 fully saturated rings. The number of epoxide rings is 1. The van der Waals surface area contributed by atoms with Crippen LogP contribution in [-0.2, 0) is 35.7 Å². The van der Waals surface area contributed by atoms with Crippen molar-refractivity contribution in [2.24, 2.45) is 5.92 Å². The smallest absolute Gasteiger partial charge is 0.377 e. The molecule has 1 aliphatic carbocycles. The largest absolute Gasteiger partial charge is 0.679 e. The van der Waals surface area contributed by atoms with Gasteiger partial charge in [-0.2, -0.15) is 0 Å². The summed E-state index contributed by atoms with van der Waals surface area (Å²) in [7, 11) is -0.104. The van der Waals surface area contributed by atoms with Crippen molar-refractivity contribution in [2.45, 2.75) is 71.6 Å². The maximum Gasteiger partial charge on any atom is 0.679 e. The Balaban J connectivity index is 0.000000298. The third-order valence-corrected chi connectivity index (χ3v) is 10.5. The SMILES string of the molecule is CCO[Si](OCC)(OCC)OCC.CO[Si](CCC1CCC2OC2C1)(OC)OC. The fraction of sp³-hybridized carbons (Fsp3) is 1.00. The van der Waals surface area contributed by atoms with Crippen LogP contribution >= 0.6 is 0 Å². The third-order valence-electron chi connectivity index (χ3n) is 5.19. The molecule has 0 aromatic rings. The number of hydrogen-bond acceptors (Lipinski definition) is 8. The van der Waals surface area contributed by atoms with Crippen LogP contribution in [-0.4, -0.2) is 77.8 Å². The van der Waals surface area contributed by atoms with E-state index in [0.29, 0.717) is 38.6 Å². The van der Waals surface area contributed by atoms with Crippen LogP contribution in [0.2, 0.25) is 6.04 Å². The molecule has 0 aromatic carbocycles. The summed E-state index contributed by atoms with van der Waals surface area (Å²) >= 11 is 0. The minimum absolute atomic E-state index is 0.548. The second-order valence-corrected chi connectivity index (χ2v) is 12.2. The zero-order valence-electron chi connectivity index (χ0n) is 19.4. The molecule has 2 rings (SSSR count). The van der Waals surface area contributed by atoms with Crippen LogP contribution in [0, 0.1) is 5.92 Å². The molecule has 174 valence electrons. The van der Waals surface area contributed by atoms with Crippen molar-refractivity contribution in [2.75, 3.05) is 47.8 Å². The minimum Gasteiger partial charge on any atom is -0.377 e. The number of fused-ring (bicyclic) bond motifs is 1. The predicted octanol–water partition coefficient (Wildman–Crippen LogP) is 3.39. The van der Waals surface area contributed by atoms with Crippen molar-refractivity contribution in [3.8, 4) is 0 Å². The Labute approximate surface area is 179 Å². The molecule has 0 N–H and O–H groups in total. The summed E-state index contributed by atoms with van der Waals surface area (Å²) in [5.74, 6) is 0.760. The summed E-state index contributed by atoms with van der Waals surface area (Å²) < 4.78 is 43.5. The second kappa shape index (κ2) is 14.2. The van der Waals surface area contributed by atoms with Gasteiger partial charge in [0.2, 0.25) is 0 Å². The molecule has 29 heavy (non-hydrogen) atoms. The molecule has 0 aromatic heterocycles. The van der Waals surface area contributed by atoms with Crippen LogP contribution in [0.15, 0.2) is 0 Å². The molecule has 1 aliphatic heterocycles. The summed E-state index contributed by atoms with van der Waals surface area (Å²) in [6.45, 7) is 9.80. The van der Waals surface area contributed by atoms with Gasteiger partial charge in [0.05, 0.1) is 12.2 Å². The lowest BCUT2D eigenvalue weighted by Gasteiger charge is -2.27. The van der Waals surface area contributed by atoms with Crippen LogP contribution < -0.4 is 0 Å². The number of rotatable bonds is 14. The molecule has 1 saturated carbocycles. The summed E-state index contributed by atoms with van der Waals surface area (Å²) in [6.07, 6.45) is 6.01. The maximum absolute atomic E-state index is 5.54. The second-order valence-electron chi connectivity index (χ2n) is 6.96. The van der Waals surface area contributed by atoms with Crippen molar-refractivity contribution < 1.29 is 35.7 Å². The van der Waals surface area contributed by atoms with E-state index in [0.717, 1.165) is 18.4 Å². The molecule has 0 bridgehead atoms. The highest BCUT2D eigenvalue weighted by Gasteiger charge is 2.46. The van der Waals surface area contributed by atoms with E-state index in [9.17, 15) is 0 Å². The first kappa shape index (κ1) is 27.1. The molecule has 1 saturated heterocycles. The normalized spacial score (nSPS) is 23.9. The summed E-state index contributed by atoms with van der Waals surface area (Å²) in [5.41, 5.74) is 0. The topological polar surface area (TPSA) is 77.1 Å². The van der Waals surface area contributed by atoms with E-state index in [4.69, 9.17) is 35.7 Å². The number of hydrogen-bond donors (Lipinski definition) is 0. The average molecular weight is 455 g/mol. The van der Waals surface area contributed by atoms with Gasteiger partial charge in [0, 0.05) is 53.8 Å². The van der Waals surface area contributed by atoms with E-state index in [2.05, 4.69) is 0 Å². The average Bonchev–Trinajstić information content (AvgIpc) is 3.50. The van der Waals surface area contributed by atoms with Gasteiger partial charge in [-0.1, -0.05) is 0 Å². The zero-order valence-corrected chi connectivity index (χ0v) is 21.4. The Morgan fingerprint density at radius 2 is 1.21 bits per heavy atom. The predicted molar refractivity (Wildman–Crippen MR) is 114 cm³/mol. The Morgan fingerprint density at radius 3 is 1.59 bits per heavy atom. The molecule has 8 nitrogen and oxygen atoms in total. The molecule has 0 amide bonds. The van der Waals surface area contributed by atoms with Crippen LogP contribution in [0.1, 0.15) is 53.4 Å². The highest BCUT2D eigenvalue weighted by atomic mass is 28.4. The third kappa shape index (κ3) is 9.02. The van der Waals surface area contributed by atoms with Gasteiger partial charge in [-0.25, -0.2) is 0 Å². The van der Waals surface area contributed by atoms with E-state index >= 15 is 0 Å². The Kier molecular flexibility index (Phi) is 13.3. The first-order valence-corrected chi connectivity index (χ1v) is 14.4. The van der Waals surface area contributed by atoms with Crippen LogP contribution in [0.4, 0.5) is 0 Å². The van der Waals surface area contributed by atoms with Crippen LogP contribution in [0.25, 0.3) is 0 Å². The zero-order chi connectivity index (χ0) is 21.8. The quantitative estimate of drug-likeness (QED) is 0.292. The Bertz CT molecular complexity index is 387. The van der Waals surface area contributed by atoms with Gasteiger partial charge >= 0.3 is 17.9 Å². The van der Waals surface area contributed by atoms with Crippen LogP contribution in [0.5, 0.6) is 0 Å². The molecule has 10 heteroatoms. The first-order chi connectivity index (χ1) is 14.0. The van der Waals surface area contributed by atoms with Crippen molar-refractivity contribution in [3.05, 3.63) is 0 Å². The van der Waals surface area contributed by atoms with Gasteiger partial charge in [-0.3, -0.25) is 0 Å². The Hall–Kier alpha value is 0.114. The first-order valence-electron chi connectivity index (χ1n) is 10.8. The molecule has 3 unspecified atom stereocenters. The van der Waals surface area contributed by atoms with Gasteiger partial charge in [-0.15, -0.1) is 0 Å². The van der Waals surface area contributed by atoms with Gasteiger partial charge < -0.3 is 35.7 Å². The monoisotopic (exact) mass is 454 g/mol. The van der Waals surface area contributed by atoms with E-state index in [1.54, 1.807) is 21.3 Å². The van der Waals surface area contributed by atoms with Gasteiger partial charge in [0.25, 0.3) is 0 Å². The molecule has 2 aliphatic rings. The standard InChI is InChI=1S/C11H22O4Si.C8H20O4Si/c1-12-16(13-2,14-3)7-6-9-4-5-10-11(8-9)15-10;1-5-9-13(10-6-2,11-7-3)12-8-4/h9-11H,4-8H2,1-3H3;5-8H2,1-4H3. The van der Waals surface area contributed by atoms with Crippen molar-refractivity contribution in [1.29, 1.82) is 0 Å². The highest BCUT2D eigenvalue weighted by Crippen LogP contribution is 2.41. The molecule has 0 radical (unpaired) electrons. The molecule has 1 heterocycles. The fourth-order valence-electron chi connectivity index (χ4n) is 3.64. The lowest BCUT2D eigenvalue weighted by Crippen LogP contribution is -2.49. The van der Waals surface area contributed by atoms with Crippen molar-refractivity contribution >= 4 is 17.9 Å². The van der Waals surface area contributed by atoms with Crippen molar-refractivity contribution in [1.82, 2.24) is 0 Å². The van der Waals surface area contributed by atoms with Crippen LogP contribution in [0.3, 0.4) is 0 Å². The molecular formula is C19H42O8Si2. The summed E-state index contributed by atoms with van der Waals surface area (Å²) in [4.78, 5) is 0. The molecule has 0 spiro atoms. The van der Waals surface area contributed by atoms with Crippen molar-refractivity contribution in [3.63, 3.8) is 0 Å². The minimum atomic E-state index is -2.80. The lowest BCUT2D eigenvalue weighted by atomic mass is 9.88. The molecular weight excluding hydrogens is 412 g/mol. The molecule has 3 atom stereocenters. The lowest BCUT2D eigenvalue weighted by molar-refractivity contribution is -0.0247. The van der Waals surface area contributed by atoms with Gasteiger partial charge in [0.15, 0.2) is 0 Å². The van der Waals surface area contributed by atoms with E-state index in [-0.39, 0.29) is 0 Å². The van der Waals surface area contributed by atoms with E-state index in [1.165, 1.54) is 19.3 Å². The van der Waals surface area contributed by atoms with E-state index in [1.807, 2.05) is 27.7 Å². The van der Waals surface area contributed by atoms with E-state index < -0.39 is 17.9 Å². The number of ether oxygens (including phenoxy) is 1. The highest BCUT2D eigenvalue weighted by molar-refractivity contribution is 6.60.